The Morgan fingerprint density at radius 3 is 2.33 bits per heavy atom. The number of rotatable bonds is 6. The van der Waals surface area contributed by atoms with Gasteiger partial charge >= 0.3 is 5.97 Å². The highest BCUT2D eigenvalue weighted by atomic mass is 16.7. The lowest BCUT2D eigenvalue weighted by Crippen LogP contribution is -2.60. The van der Waals surface area contributed by atoms with Crippen LogP contribution in [0, 0.1) is 0 Å². The summed E-state index contributed by atoms with van der Waals surface area (Å²) in [5, 5.41) is 38.5. The molecular weight excluding hydrogens is 320 g/mol. The maximum Gasteiger partial charge on any atom is 0.335 e. The summed E-state index contributed by atoms with van der Waals surface area (Å²) in [6, 6.07) is 6.82. The van der Waals surface area contributed by atoms with Crippen LogP contribution >= 0.6 is 0 Å². The fourth-order valence-electron chi connectivity index (χ4n) is 2.37. The lowest BCUT2D eigenvalue weighted by Gasteiger charge is -2.39. The monoisotopic (exact) mass is 340 g/mol. The quantitative estimate of drug-likeness (QED) is 0.526. The van der Waals surface area contributed by atoms with Crippen molar-refractivity contribution in [2.75, 3.05) is 7.11 Å². The number of methoxy groups -OCH3 is 1. The van der Waals surface area contributed by atoms with Gasteiger partial charge < -0.3 is 34.6 Å². The Morgan fingerprint density at radius 2 is 1.83 bits per heavy atom. The topological polar surface area (TPSA) is 126 Å². The van der Waals surface area contributed by atoms with Crippen molar-refractivity contribution in [1.82, 2.24) is 0 Å². The molecule has 2 rings (SSSR count). The summed E-state index contributed by atoms with van der Waals surface area (Å²) in [4.78, 5) is 11.1. The number of aliphatic carboxylic acids is 1. The SMILES string of the molecule is C=CC(O[C@@H]1O[C@H](C(=O)O)[C@@H](O)[C@H](O)[C@H]1O)c1ccc(OC)cc1. The molecule has 4 N–H and O–H groups in total. The second-order valence-corrected chi connectivity index (χ2v) is 5.30. The third-order valence-electron chi connectivity index (χ3n) is 3.75. The van der Waals surface area contributed by atoms with Crippen LogP contribution in [0.4, 0.5) is 0 Å². The molecule has 0 amide bonds. The number of aliphatic hydroxyl groups is 3. The summed E-state index contributed by atoms with van der Waals surface area (Å²) in [6.07, 6.45) is -7.55. The number of hydrogen-bond acceptors (Lipinski definition) is 7. The number of benzene rings is 1. The third-order valence-corrected chi connectivity index (χ3v) is 3.75. The summed E-state index contributed by atoms with van der Waals surface area (Å²) in [5.74, 6) is -0.832. The van der Waals surface area contributed by atoms with Gasteiger partial charge in [-0.3, -0.25) is 0 Å². The van der Waals surface area contributed by atoms with Crippen LogP contribution in [0.1, 0.15) is 11.7 Å². The molecule has 1 saturated heterocycles. The van der Waals surface area contributed by atoms with Crippen molar-refractivity contribution in [1.29, 1.82) is 0 Å². The molecule has 1 aliphatic rings. The average Bonchev–Trinajstić information content (AvgIpc) is 2.59. The first-order valence-electron chi connectivity index (χ1n) is 7.23. The average molecular weight is 340 g/mol. The van der Waals surface area contributed by atoms with Crippen molar-refractivity contribution < 1.29 is 39.4 Å². The molecule has 24 heavy (non-hydrogen) atoms. The largest absolute Gasteiger partial charge is 0.497 e. The second-order valence-electron chi connectivity index (χ2n) is 5.30. The van der Waals surface area contributed by atoms with E-state index in [1.807, 2.05) is 0 Å². The van der Waals surface area contributed by atoms with Gasteiger partial charge in [-0.25, -0.2) is 4.79 Å². The summed E-state index contributed by atoms with van der Waals surface area (Å²) in [5.41, 5.74) is 0.661. The van der Waals surface area contributed by atoms with Gasteiger partial charge in [0.1, 0.15) is 30.2 Å². The predicted octanol–water partition coefficient (Wildman–Crippen LogP) is -0.169. The highest BCUT2D eigenvalue weighted by Crippen LogP contribution is 2.29. The summed E-state index contributed by atoms with van der Waals surface area (Å²) < 4.78 is 15.7. The molecule has 1 fully saturated rings. The van der Waals surface area contributed by atoms with E-state index in [0.29, 0.717) is 11.3 Å². The van der Waals surface area contributed by atoms with Crippen LogP contribution in [0.25, 0.3) is 0 Å². The summed E-state index contributed by atoms with van der Waals surface area (Å²) >= 11 is 0. The van der Waals surface area contributed by atoms with Crippen molar-refractivity contribution in [3.63, 3.8) is 0 Å². The number of ether oxygens (including phenoxy) is 3. The lowest BCUT2D eigenvalue weighted by molar-refractivity contribution is -0.301. The normalized spacial score (nSPS) is 31.2. The Bertz CT molecular complexity index is 572. The minimum atomic E-state index is -1.76. The molecule has 0 aliphatic carbocycles. The second kappa shape index (κ2) is 7.73. The zero-order valence-corrected chi connectivity index (χ0v) is 13.0. The van der Waals surface area contributed by atoms with Crippen LogP contribution in [-0.2, 0) is 14.3 Å². The number of carbonyl (C=O) groups is 1. The van der Waals surface area contributed by atoms with E-state index in [-0.39, 0.29) is 0 Å². The smallest absolute Gasteiger partial charge is 0.335 e. The van der Waals surface area contributed by atoms with Gasteiger partial charge in [0.2, 0.25) is 0 Å². The van der Waals surface area contributed by atoms with Crippen molar-refractivity contribution in [2.45, 2.75) is 36.8 Å². The Labute approximate surface area is 138 Å². The molecular formula is C16H20O8. The number of aliphatic hydroxyl groups excluding tert-OH is 3. The standard InChI is InChI=1S/C16H20O8/c1-3-10(8-4-6-9(22-2)7-5-8)23-16-13(19)11(17)12(18)14(24-16)15(20)21/h3-7,10-14,16-19H,1H2,2H3,(H,20,21)/t10?,11-,12-,13+,14-,16+/m0/s1. The Kier molecular flexibility index (Phi) is 5.92. The first-order chi connectivity index (χ1) is 11.4. The minimum absolute atomic E-state index is 0.639. The van der Waals surface area contributed by atoms with Gasteiger partial charge in [0.15, 0.2) is 12.4 Å². The lowest BCUT2D eigenvalue weighted by atomic mass is 9.99. The van der Waals surface area contributed by atoms with Crippen LogP contribution in [0.15, 0.2) is 36.9 Å². The van der Waals surface area contributed by atoms with E-state index in [1.165, 1.54) is 13.2 Å². The maximum atomic E-state index is 11.1. The highest BCUT2D eigenvalue weighted by Gasteiger charge is 2.48. The Balaban J connectivity index is 2.16. The van der Waals surface area contributed by atoms with E-state index in [4.69, 9.17) is 19.3 Å². The van der Waals surface area contributed by atoms with Gasteiger partial charge in [-0.1, -0.05) is 18.2 Å². The first kappa shape index (κ1) is 18.4. The highest BCUT2D eigenvalue weighted by molar-refractivity contribution is 5.73. The van der Waals surface area contributed by atoms with E-state index in [1.54, 1.807) is 24.3 Å². The molecule has 8 heteroatoms. The Hall–Kier alpha value is -1.97. The molecule has 1 aliphatic heterocycles. The molecule has 1 unspecified atom stereocenters. The third kappa shape index (κ3) is 3.74. The molecule has 1 heterocycles. The maximum absolute atomic E-state index is 11.1. The molecule has 8 nitrogen and oxygen atoms in total. The van der Waals surface area contributed by atoms with E-state index in [2.05, 4.69) is 6.58 Å². The molecule has 0 radical (unpaired) electrons. The van der Waals surface area contributed by atoms with Gasteiger partial charge in [0.05, 0.1) is 7.11 Å². The van der Waals surface area contributed by atoms with Gasteiger partial charge in [0.25, 0.3) is 0 Å². The molecule has 0 bridgehead atoms. The summed E-state index contributed by atoms with van der Waals surface area (Å²) in [6.45, 7) is 3.64. The van der Waals surface area contributed by atoms with Crippen LogP contribution in [0.5, 0.6) is 5.75 Å². The fourth-order valence-corrected chi connectivity index (χ4v) is 2.37. The van der Waals surface area contributed by atoms with E-state index in [9.17, 15) is 20.1 Å². The molecule has 0 spiro atoms. The number of carboxylic acid groups (broad SMARTS) is 1. The molecule has 0 saturated carbocycles. The first-order valence-corrected chi connectivity index (χ1v) is 7.23. The molecule has 1 aromatic rings. The van der Waals surface area contributed by atoms with Gasteiger partial charge in [0, 0.05) is 0 Å². The van der Waals surface area contributed by atoms with E-state index in [0.717, 1.165) is 0 Å². The van der Waals surface area contributed by atoms with Crippen molar-refractivity contribution >= 4 is 5.97 Å². The molecule has 0 aromatic heterocycles. The molecule has 6 atom stereocenters. The zero-order valence-electron chi connectivity index (χ0n) is 13.0. The van der Waals surface area contributed by atoms with Crippen LogP contribution < -0.4 is 4.74 Å². The molecule has 1 aromatic carbocycles. The number of carboxylic acids is 1. The zero-order chi connectivity index (χ0) is 17.9. The van der Waals surface area contributed by atoms with Crippen molar-refractivity contribution in [3.8, 4) is 5.75 Å². The predicted molar refractivity (Wildman–Crippen MR) is 81.3 cm³/mol. The number of hydrogen-bond donors (Lipinski definition) is 4. The van der Waals surface area contributed by atoms with E-state index < -0.39 is 42.8 Å². The minimum Gasteiger partial charge on any atom is -0.497 e. The fraction of sp³-hybridized carbons (Fsp3) is 0.438. The summed E-state index contributed by atoms with van der Waals surface area (Å²) in [7, 11) is 1.53. The molecule has 132 valence electrons. The van der Waals surface area contributed by atoms with Gasteiger partial charge in [-0.05, 0) is 17.7 Å². The van der Waals surface area contributed by atoms with Crippen molar-refractivity contribution in [2.24, 2.45) is 0 Å². The van der Waals surface area contributed by atoms with Gasteiger partial charge in [-0.15, -0.1) is 6.58 Å². The van der Waals surface area contributed by atoms with E-state index >= 15 is 0 Å². The van der Waals surface area contributed by atoms with Crippen molar-refractivity contribution in [3.05, 3.63) is 42.5 Å². The van der Waals surface area contributed by atoms with Crippen LogP contribution in [-0.4, -0.2) is 64.2 Å². The van der Waals surface area contributed by atoms with Crippen LogP contribution in [0.3, 0.4) is 0 Å². The van der Waals surface area contributed by atoms with Crippen LogP contribution in [0.2, 0.25) is 0 Å². The Morgan fingerprint density at radius 1 is 1.21 bits per heavy atom. The van der Waals surface area contributed by atoms with Gasteiger partial charge in [-0.2, -0.15) is 0 Å².